The van der Waals surface area contributed by atoms with E-state index in [2.05, 4.69) is 5.32 Å². The number of hydrogen-bond donors (Lipinski definition) is 1. The van der Waals surface area contributed by atoms with Crippen LogP contribution in [0.5, 0.6) is 0 Å². The summed E-state index contributed by atoms with van der Waals surface area (Å²) in [5.41, 5.74) is 3.89. The number of urea groups is 1. The van der Waals surface area contributed by atoms with Gasteiger partial charge in [0.15, 0.2) is 0 Å². The zero-order chi connectivity index (χ0) is 18.7. The first-order valence-corrected chi connectivity index (χ1v) is 8.96. The van der Waals surface area contributed by atoms with Crippen LogP contribution in [0.3, 0.4) is 0 Å². The molecule has 6 heteroatoms. The maximum Gasteiger partial charge on any atom is 0.317 e. The van der Waals surface area contributed by atoms with Crippen LogP contribution in [0.1, 0.15) is 27.3 Å². The lowest BCUT2D eigenvalue weighted by Crippen LogP contribution is -2.53. The van der Waals surface area contributed by atoms with Crippen LogP contribution in [0.25, 0.3) is 0 Å². The smallest absolute Gasteiger partial charge is 0.317 e. The highest BCUT2D eigenvalue weighted by Crippen LogP contribution is 2.17. The Labute approximate surface area is 154 Å². The van der Waals surface area contributed by atoms with Crippen molar-refractivity contribution in [2.24, 2.45) is 7.05 Å². The second-order valence-electron chi connectivity index (χ2n) is 6.77. The lowest BCUT2D eigenvalue weighted by Gasteiger charge is -2.34. The maximum atomic E-state index is 12.8. The van der Waals surface area contributed by atoms with Gasteiger partial charge in [-0.25, -0.2) is 4.79 Å². The Balaban J connectivity index is 1.52. The third kappa shape index (κ3) is 3.74. The zero-order valence-corrected chi connectivity index (χ0v) is 15.7. The summed E-state index contributed by atoms with van der Waals surface area (Å²) in [6.45, 7) is 6.71. The van der Waals surface area contributed by atoms with E-state index in [0.29, 0.717) is 32.7 Å². The number of nitrogens with one attached hydrogen (secondary N) is 1. The number of hydrogen-bond acceptors (Lipinski definition) is 2. The molecule has 1 aromatic heterocycles. The summed E-state index contributed by atoms with van der Waals surface area (Å²) < 4.78 is 2.03. The molecule has 2 heterocycles. The van der Waals surface area contributed by atoms with Gasteiger partial charge in [0.05, 0.1) is 5.56 Å². The standard InChI is InChI=1S/C20H26N4O2/c1-15-13-18(16(2)22(15)3)19(25)23-9-11-24(12-10-23)20(26)21-14-17-7-5-4-6-8-17/h4-8,13H,9-12,14H2,1-3H3,(H,21,26). The van der Waals surface area contributed by atoms with Gasteiger partial charge in [-0.05, 0) is 25.5 Å². The van der Waals surface area contributed by atoms with E-state index in [4.69, 9.17) is 0 Å². The van der Waals surface area contributed by atoms with Crippen molar-refractivity contribution in [2.45, 2.75) is 20.4 Å². The normalized spacial score (nSPS) is 14.4. The summed E-state index contributed by atoms with van der Waals surface area (Å²) in [7, 11) is 1.97. The molecule has 0 atom stereocenters. The van der Waals surface area contributed by atoms with Crippen molar-refractivity contribution >= 4 is 11.9 Å². The lowest BCUT2D eigenvalue weighted by molar-refractivity contribution is 0.0664. The van der Waals surface area contributed by atoms with E-state index in [-0.39, 0.29) is 11.9 Å². The molecule has 1 aliphatic rings. The first-order chi connectivity index (χ1) is 12.5. The van der Waals surface area contributed by atoms with E-state index in [1.807, 2.05) is 66.8 Å². The predicted octanol–water partition coefficient (Wildman–Crippen LogP) is 2.31. The van der Waals surface area contributed by atoms with Crippen molar-refractivity contribution in [3.63, 3.8) is 0 Å². The molecule has 0 aliphatic carbocycles. The van der Waals surface area contributed by atoms with Crippen LogP contribution in [0.4, 0.5) is 4.79 Å². The highest BCUT2D eigenvalue weighted by atomic mass is 16.2. The second kappa shape index (κ2) is 7.64. The SMILES string of the molecule is Cc1cc(C(=O)N2CCN(C(=O)NCc3ccccc3)CC2)c(C)n1C. The van der Waals surface area contributed by atoms with Gasteiger partial charge in [-0.1, -0.05) is 30.3 Å². The molecule has 1 saturated heterocycles. The van der Waals surface area contributed by atoms with E-state index in [1.165, 1.54) is 0 Å². The Hall–Kier alpha value is -2.76. The van der Waals surface area contributed by atoms with Crippen molar-refractivity contribution in [1.29, 1.82) is 0 Å². The fraction of sp³-hybridized carbons (Fsp3) is 0.400. The largest absolute Gasteiger partial charge is 0.351 e. The van der Waals surface area contributed by atoms with Gasteiger partial charge in [0.25, 0.3) is 5.91 Å². The summed E-state index contributed by atoms with van der Waals surface area (Å²) in [5.74, 6) is 0.0514. The maximum absolute atomic E-state index is 12.8. The van der Waals surface area contributed by atoms with Crippen LogP contribution >= 0.6 is 0 Å². The summed E-state index contributed by atoms with van der Waals surface area (Å²) >= 11 is 0. The second-order valence-corrected chi connectivity index (χ2v) is 6.77. The van der Waals surface area contributed by atoms with Crippen LogP contribution in [-0.4, -0.2) is 52.5 Å². The van der Waals surface area contributed by atoms with E-state index >= 15 is 0 Å². The first-order valence-electron chi connectivity index (χ1n) is 8.96. The van der Waals surface area contributed by atoms with Gasteiger partial charge in [-0.15, -0.1) is 0 Å². The Kier molecular flexibility index (Phi) is 5.30. The Morgan fingerprint density at radius 3 is 2.19 bits per heavy atom. The molecule has 138 valence electrons. The Morgan fingerprint density at radius 2 is 1.62 bits per heavy atom. The van der Waals surface area contributed by atoms with Crippen molar-refractivity contribution in [1.82, 2.24) is 19.7 Å². The van der Waals surface area contributed by atoms with E-state index in [9.17, 15) is 9.59 Å². The minimum atomic E-state index is -0.0762. The zero-order valence-electron chi connectivity index (χ0n) is 15.7. The number of benzene rings is 1. The number of amides is 3. The molecule has 1 fully saturated rings. The van der Waals surface area contributed by atoms with Gasteiger partial charge in [0.1, 0.15) is 0 Å². The molecule has 1 N–H and O–H groups in total. The highest BCUT2D eigenvalue weighted by Gasteiger charge is 2.26. The summed E-state index contributed by atoms with van der Waals surface area (Å²) in [6.07, 6.45) is 0. The first kappa shape index (κ1) is 18.0. The highest BCUT2D eigenvalue weighted by molar-refractivity contribution is 5.96. The van der Waals surface area contributed by atoms with Crippen molar-refractivity contribution < 1.29 is 9.59 Å². The topological polar surface area (TPSA) is 57.6 Å². The molecule has 0 spiro atoms. The van der Waals surface area contributed by atoms with E-state index in [1.54, 1.807) is 4.90 Å². The third-order valence-corrected chi connectivity index (χ3v) is 5.15. The molecule has 26 heavy (non-hydrogen) atoms. The molecule has 2 aromatic rings. The van der Waals surface area contributed by atoms with Crippen molar-refractivity contribution in [3.05, 3.63) is 58.9 Å². The molecule has 3 rings (SSSR count). The Bertz CT molecular complexity index is 790. The van der Waals surface area contributed by atoms with Crippen molar-refractivity contribution in [3.8, 4) is 0 Å². The number of carbonyl (C=O) groups excluding carboxylic acids is 2. The quantitative estimate of drug-likeness (QED) is 0.920. The number of carbonyl (C=O) groups is 2. The minimum Gasteiger partial charge on any atom is -0.351 e. The van der Waals surface area contributed by atoms with Crippen LogP contribution in [0.2, 0.25) is 0 Å². The molecule has 1 aromatic carbocycles. The molecule has 0 unspecified atom stereocenters. The van der Waals surface area contributed by atoms with Gasteiger partial charge in [0.2, 0.25) is 0 Å². The fourth-order valence-electron chi connectivity index (χ4n) is 3.24. The van der Waals surface area contributed by atoms with Crippen LogP contribution in [0, 0.1) is 13.8 Å². The molecular formula is C20H26N4O2. The van der Waals surface area contributed by atoms with E-state index in [0.717, 1.165) is 22.5 Å². The predicted molar refractivity (Wildman–Crippen MR) is 101 cm³/mol. The average molecular weight is 354 g/mol. The summed E-state index contributed by atoms with van der Waals surface area (Å²) in [5, 5.41) is 2.94. The van der Waals surface area contributed by atoms with Crippen molar-refractivity contribution in [2.75, 3.05) is 26.2 Å². The minimum absolute atomic E-state index is 0.0514. The van der Waals surface area contributed by atoms with Crippen LogP contribution in [0.15, 0.2) is 36.4 Å². The number of nitrogens with zero attached hydrogens (tertiary/aromatic N) is 3. The molecule has 6 nitrogen and oxygen atoms in total. The molecule has 0 saturated carbocycles. The third-order valence-electron chi connectivity index (χ3n) is 5.15. The van der Waals surface area contributed by atoms with Gasteiger partial charge in [-0.3, -0.25) is 4.79 Å². The van der Waals surface area contributed by atoms with E-state index < -0.39 is 0 Å². The molecule has 0 radical (unpaired) electrons. The average Bonchev–Trinajstić information content (AvgIpc) is 2.94. The van der Waals surface area contributed by atoms with Gasteiger partial charge in [0, 0.05) is 51.2 Å². The van der Waals surface area contributed by atoms with Crippen LogP contribution < -0.4 is 5.32 Å². The van der Waals surface area contributed by atoms with Gasteiger partial charge < -0.3 is 19.7 Å². The number of piperazine rings is 1. The molecular weight excluding hydrogens is 328 g/mol. The molecule has 0 bridgehead atoms. The Morgan fingerprint density at radius 1 is 1.00 bits per heavy atom. The molecule has 1 aliphatic heterocycles. The number of rotatable bonds is 3. The van der Waals surface area contributed by atoms with Gasteiger partial charge in [-0.2, -0.15) is 0 Å². The fourth-order valence-corrected chi connectivity index (χ4v) is 3.24. The monoisotopic (exact) mass is 354 g/mol. The number of aromatic nitrogens is 1. The summed E-state index contributed by atoms with van der Waals surface area (Å²) in [4.78, 5) is 28.7. The van der Waals surface area contributed by atoms with Gasteiger partial charge >= 0.3 is 6.03 Å². The lowest BCUT2D eigenvalue weighted by atomic mass is 10.2. The number of aryl methyl sites for hydroxylation is 1. The molecule has 3 amide bonds. The summed E-state index contributed by atoms with van der Waals surface area (Å²) in [6, 6.07) is 11.7. The van der Waals surface area contributed by atoms with Crippen LogP contribution in [-0.2, 0) is 13.6 Å².